The van der Waals surface area contributed by atoms with Crippen LogP contribution in [0.5, 0.6) is 0 Å². The molecule has 0 spiro atoms. The molecule has 0 amide bonds. The lowest BCUT2D eigenvalue weighted by Crippen LogP contribution is -2.55. The fraction of sp³-hybridized carbons (Fsp3) is 0.667. The van der Waals surface area contributed by atoms with Crippen molar-refractivity contribution in [2.24, 2.45) is 5.73 Å². The maximum Gasteiger partial charge on any atom is 0.331 e. The Morgan fingerprint density at radius 2 is 2.09 bits per heavy atom. The summed E-state index contributed by atoms with van der Waals surface area (Å²) in [5.74, 6) is -0.389. The number of carbonyl (C=O) groups excluding carboxylic acids is 1. The number of hydrogen-bond acceptors (Lipinski definition) is 2. The van der Waals surface area contributed by atoms with Crippen LogP contribution in [0.2, 0.25) is 0 Å². The second-order valence-corrected chi connectivity index (χ2v) is 3.21. The van der Waals surface area contributed by atoms with Gasteiger partial charge in [0.15, 0.2) is 0 Å². The van der Waals surface area contributed by atoms with E-state index in [-0.39, 0.29) is 5.78 Å². The third kappa shape index (κ3) is 3.04. The van der Waals surface area contributed by atoms with E-state index < -0.39 is 6.17 Å². The van der Waals surface area contributed by atoms with Crippen LogP contribution in [0.1, 0.15) is 0 Å². The first-order chi connectivity index (χ1) is 4.89. The lowest BCUT2D eigenvalue weighted by molar-refractivity contribution is -0.885. The molecule has 0 aliphatic carbocycles. The molecule has 2 N–H and O–H groups in total. The van der Waals surface area contributed by atoms with E-state index in [9.17, 15) is 4.79 Å². The molecule has 5 nitrogen and oxygen atoms in total. The van der Waals surface area contributed by atoms with Crippen molar-refractivity contribution in [3.63, 3.8) is 0 Å². The molecular weight excluding hydrogens is 144 g/mol. The van der Waals surface area contributed by atoms with Crippen LogP contribution in [0, 0.1) is 0 Å². The van der Waals surface area contributed by atoms with Crippen LogP contribution in [0.4, 0.5) is 0 Å². The molecule has 0 bridgehead atoms. The molecule has 0 radical (unpaired) electrons. The first-order valence-electron chi connectivity index (χ1n) is 3.17. The Balaban J connectivity index is 4.37. The van der Waals surface area contributed by atoms with E-state index >= 15 is 0 Å². The van der Waals surface area contributed by atoms with Gasteiger partial charge in [-0.3, -0.25) is 10.5 Å². The van der Waals surface area contributed by atoms with Crippen LogP contribution in [0.3, 0.4) is 0 Å². The van der Waals surface area contributed by atoms with E-state index in [1.54, 1.807) is 21.1 Å². The number of ketones is 1. The van der Waals surface area contributed by atoms with Crippen LogP contribution in [0.25, 0.3) is 5.53 Å². The minimum Gasteiger partial charge on any atom is -0.361 e. The van der Waals surface area contributed by atoms with Crippen LogP contribution >= 0.6 is 0 Å². The second kappa shape index (κ2) is 3.39. The molecule has 0 rings (SSSR count). The molecule has 1 unspecified atom stereocenters. The normalized spacial score (nSPS) is 13.5. The maximum absolute atomic E-state index is 10.9. The summed E-state index contributed by atoms with van der Waals surface area (Å²) in [6.07, 6.45) is 0.139. The van der Waals surface area contributed by atoms with Gasteiger partial charge >= 0.3 is 12.0 Å². The molecule has 0 saturated heterocycles. The molecule has 0 aliphatic rings. The minimum absolute atomic E-state index is 0.310. The standard InChI is InChI=1S/C6H13N4O/c1-10(2,3)6(7)5(11)4-9-8/h4,6H,7H2,1-3H3/q+1. The smallest absolute Gasteiger partial charge is 0.331 e. The summed E-state index contributed by atoms with van der Waals surface area (Å²) in [4.78, 5) is 13.5. The van der Waals surface area contributed by atoms with Crippen LogP contribution in [0.15, 0.2) is 0 Å². The Labute approximate surface area is 65.6 Å². The van der Waals surface area contributed by atoms with Gasteiger partial charge in [-0.2, -0.15) is 4.79 Å². The maximum atomic E-state index is 10.9. The molecule has 0 aromatic carbocycles. The van der Waals surface area contributed by atoms with Crippen LogP contribution in [-0.2, 0) is 4.79 Å². The van der Waals surface area contributed by atoms with E-state index in [4.69, 9.17) is 11.3 Å². The van der Waals surface area contributed by atoms with Gasteiger partial charge in [0.25, 0.3) is 0 Å². The first-order valence-corrected chi connectivity index (χ1v) is 3.17. The lowest BCUT2D eigenvalue weighted by Gasteiger charge is -2.27. The summed E-state index contributed by atoms with van der Waals surface area (Å²) in [6, 6.07) is 0. The van der Waals surface area contributed by atoms with Crippen molar-refractivity contribution in [2.75, 3.05) is 21.1 Å². The monoisotopic (exact) mass is 157 g/mol. The number of quaternary nitrogens is 1. The number of nitrogens with zero attached hydrogens (tertiary/aromatic N) is 3. The fourth-order valence-electron chi connectivity index (χ4n) is 0.515. The number of rotatable bonds is 3. The summed E-state index contributed by atoms with van der Waals surface area (Å²) in [5.41, 5.74) is 13.5. The van der Waals surface area contributed by atoms with Crippen molar-refractivity contribution in [2.45, 2.75) is 6.17 Å². The average molecular weight is 157 g/mol. The topological polar surface area (TPSA) is 79.5 Å². The zero-order chi connectivity index (χ0) is 9.07. The second-order valence-electron chi connectivity index (χ2n) is 3.21. The summed E-state index contributed by atoms with van der Waals surface area (Å²) in [7, 11) is 5.36. The molecule has 0 aromatic rings. The van der Waals surface area contributed by atoms with Gasteiger partial charge in [-0.25, -0.2) is 0 Å². The van der Waals surface area contributed by atoms with E-state index in [0.717, 1.165) is 6.21 Å². The Bertz CT molecular complexity index is 199. The molecule has 0 aliphatic heterocycles. The number of Topliss-reactive ketones (excluding diaryl/α,β-unsaturated/α-hetero) is 1. The zero-order valence-corrected chi connectivity index (χ0v) is 6.98. The molecule has 11 heavy (non-hydrogen) atoms. The molecule has 62 valence electrons. The largest absolute Gasteiger partial charge is 0.361 e. The Hall–Kier alpha value is -1.03. The van der Waals surface area contributed by atoms with Crippen LogP contribution in [-0.4, -0.2) is 48.6 Å². The van der Waals surface area contributed by atoms with Gasteiger partial charge in [0, 0.05) is 0 Å². The van der Waals surface area contributed by atoms with E-state index in [1.165, 1.54) is 0 Å². The van der Waals surface area contributed by atoms with Crippen molar-refractivity contribution >= 4 is 12.0 Å². The molecule has 0 saturated carbocycles. The predicted octanol–water partition coefficient (Wildman–Crippen LogP) is -1.15. The molecule has 5 heteroatoms. The molecular formula is C6H13N4O+. The summed E-state index contributed by atoms with van der Waals surface area (Å²) in [5, 5.41) is 0. The van der Waals surface area contributed by atoms with Gasteiger partial charge in [0.1, 0.15) is 0 Å². The SMILES string of the molecule is C[N+](C)(C)C(N)C(=O)C=[N+]=[N-]. The van der Waals surface area contributed by atoms with Gasteiger partial charge < -0.3 is 10.0 Å². The molecule has 0 aromatic heterocycles. The predicted molar refractivity (Wildman–Crippen MR) is 40.7 cm³/mol. The third-order valence-electron chi connectivity index (χ3n) is 1.31. The van der Waals surface area contributed by atoms with Gasteiger partial charge in [-0.05, 0) is 0 Å². The Kier molecular flexibility index (Phi) is 3.07. The number of likely N-dealkylation sites (N-methyl/N-ethyl adjacent to an activating group) is 1. The van der Waals surface area contributed by atoms with Crippen LogP contribution < -0.4 is 5.73 Å². The fourth-order valence-corrected chi connectivity index (χ4v) is 0.515. The van der Waals surface area contributed by atoms with Crippen molar-refractivity contribution < 1.29 is 14.1 Å². The first kappa shape index (κ1) is 9.97. The van der Waals surface area contributed by atoms with Gasteiger partial charge in [0.05, 0.1) is 21.1 Å². The Morgan fingerprint density at radius 3 is 2.36 bits per heavy atom. The lowest BCUT2D eigenvalue weighted by atomic mass is 10.3. The van der Waals surface area contributed by atoms with Crippen molar-refractivity contribution in [1.82, 2.24) is 0 Å². The highest BCUT2D eigenvalue weighted by Gasteiger charge is 2.28. The highest BCUT2D eigenvalue weighted by molar-refractivity contribution is 6.27. The quantitative estimate of drug-likeness (QED) is 0.184. The average Bonchev–Trinajstić information content (AvgIpc) is 1.85. The van der Waals surface area contributed by atoms with E-state index in [1.807, 2.05) is 0 Å². The van der Waals surface area contributed by atoms with Crippen molar-refractivity contribution in [3.8, 4) is 0 Å². The Morgan fingerprint density at radius 1 is 1.64 bits per heavy atom. The molecule has 0 fully saturated rings. The molecule has 1 atom stereocenters. The number of carbonyl (C=O) groups is 1. The zero-order valence-electron chi connectivity index (χ0n) is 6.98. The van der Waals surface area contributed by atoms with E-state index in [2.05, 4.69) is 4.79 Å². The third-order valence-corrected chi connectivity index (χ3v) is 1.31. The van der Waals surface area contributed by atoms with Crippen molar-refractivity contribution in [1.29, 1.82) is 0 Å². The summed E-state index contributed by atoms with van der Waals surface area (Å²) < 4.78 is 0.310. The number of hydrogen-bond donors (Lipinski definition) is 1. The minimum atomic E-state index is -0.675. The molecule has 0 heterocycles. The van der Waals surface area contributed by atoms with Crippen molar-refractivity contribution in [3.05, 3.63) is 5.53 Å². The van der Waals surface area contributed by atoms with Gasteiger partial charge in [-0.1, -0.05) is 0 Å². The van der Waals surface area contributed by atoms with E-state index in [0.29, 0.717) is 4.48 Å². The highest BCUT2D eigenvalue weighted by atomic mass is 16.1. The number of nitrogens with two attached hydrogens (primary N) is 1. The summed E-state index contributed by atoms with van der Waals surface area (Å²) >= 11 is 0. The summed E-state index contributed by atoms with van der Waals surface area (Å²) in [6.45, 7) is 0. The van der Waals surface area contributed by atoms with Gasteiger partial charge in [0.2, 0.25) is 6.17 Å². The highest BCUT2D eigenvalue weighted by Crippen LogP contribution is 1.95. The van der Waals surface area contributed by atoms with Gasteiger partial charge in [-0.15, -0.1) is 0 Å².